The third kappa shape index (κ3) is 3.32. The van der Waals surface area contributed by atoms with E-state index in [2.05, 4.69) is 6.92 Å². The number of ketones is 2. The second-order valence-corrected chi connectivity index (χ2v) is 9.56. The van der Waals surface area contributed by atoms with Gasteiger partial charge in [-0.1, -0.05) is 19.4 Å². The van der Waals surface area contributed by atoms with E-state index < -0.39 is 29.5 Å². The van der Waals surface area contributed by atoms with Gasteiger partial charge in [0.2, 0.25) is 0 Å². The Kier molecular flexibility index (Phi) is 7.64. The van der Waals surface area contributed by atoms with Crippen LogP contribution in [0, 0.1) is 28.6 Å². The van der Waals surface area contributed by atoms with Gasteiger partial charge in [-0.3, -0.25) is 9.59 Å². The maximum absolute atomic E-state index is 12.4. The molecule has 0 bridgehead atoms. The van der Waals surface area contributed by atoms with E-state index in [1.807, 2.05) is 6.92 Å². The zero-order valence-corrected chi connectivity index (χ0v) is 15.7. The Morgan fingerprint density at radius 3 is 2.50 bits per heavy atom. The number of allylic oxidation sites excluding steroid dienone is 1. The molecule has 148 valence electrons. The summed E-state index contributed by atoms with van der Waals surface area (Å²) in [5.74, 6) is 0.140. The van der Waals surface area contributed by atoms with Crippen LogP contribution in [0.1, 0.15) is 58.8 Å². The number of hydrogen-bond donors (Lipinski definition) is 3. The van der Waals surface area contributed by atoms with Gasteiger partial charge in [0, 0.05) is 11.8 Å². The number of carbonyl (C=O) groups is 2. The van der Waals surface area contributed by atoms with Crippen molar-refractivity contribution in [1.82, 2.24) is 0 Å². The summed E-state index contributed by atoms with van der Waals surface area (Å²) in [5.41, 5.74) is -1.23. The zero-order valence-electron chi connectivity index (χ0n) is 15.7. The van der Waals surface area contributed by atoms with Crippen molar-refractivity contribution in [2.75, 3.05) is 6.61 Å². The van der Waals surface area contributed by atoms with Gasteiger partial charge < -0.3 is 15.3 Å². The molecular weight excluding hydrogens is 378 g/mol. The summed E-state index contributed by atoms with van der Waals surface area (Å²) in [4.78, 5) is 24.3. The van der Waals surface area contributed by atoms with Gasteiger partial charge in [-0.2, -0.15) is 0 Å². The van der Waals surface area contributed by atoms with Crippen LogP contribution in [0.25, 0.3) is 0 Å². The summed E-state index contributed by atoms with van der Waals surface area (Å²) in [6.45, 7) is 3.46. The fourth-order valence-electron chi connectivity index (χ4n) is 7.28. The van der Waals surface area contributed by atoms with E-state index in [4.69, 9.17) is 0 Å². The van der Waals surface area contributed by atoms with Gasteiger partial charge in [-0.25, -0.2) is 0 Å². The molecule has 0 aromatic carbocycles. The predicted molar refractivity (Wildman–Crippen MR) is 109 cm³/mol. The molecule has 0 aromatic rings. The van der Waals surface area contributed by atoms with Crippen molar-refractivity contribution >= 4 is 70.7 Å². The first-order chi connectivity index (χ1) is 12.2. The molecule has 0 aliphatic heterocycles. The molecule has 3 saturated carbocycles. The van der Waals surface area contributed by atoms with Crippen molar-refractivity contribution in [2.45, 2.75) is 70.5 Å². The Bertz CT molecular complexity index is 694. The number of aliphatic hydroxyl groups is 3. The molecule has 0 aromatic heterocycles. The summed E-state index contributed by atoms with van der Waals surface area (Å²) < 4.78 is 0. The van der Waals surface area contributed by atoms with Crippen molar-refractivity contribution in [3.8, 4) is 0 Å². The first-order valence-corrected chi connectivity index (χ1v) is 9.96. The van der Waals surface area contributed by atoms with Gasteiger partial charge in [-0.15, -0.1) is 0 Å². The van der Waals surface area contributed by atoms with Crippen molar-refractivity contribution in [3.63, 3.8) is 0 Å². The minimum atomic E-state index is -1.54. The molecule has 4 aliphatic carbocycles. The number of rotatable bonds is 2. The number of fused-ring (bicyclic) bond motifs is 5. The first-order valence-electron chi connectivity index (χ1n) is 9.96. The van der Waals surface area contributed by atoms with Crippen LogP contribution < -0.4 is 0 Å². The molecule has 0 saturated heterocycles. The molecule has 3 fully saturated rings. The van der Waals surface area contributed by atoms with Gasteiger partial charge in [0.05, 0.1) is 6.10 Å². The molecule has 0 heterocycles. The second-order valence-electron chi connectivity index (χ2n) is 9.56. The molecule has 7 atom stereocenters. The normalized spacial score (nSPS) is 46.9. The van der Waals surface area contributed by atoms with Crippen LogP contribution in [0.4, 0.5) is 0 Å². The molecule has 4 rings (SSSR count). The van der Waals surface area contributed by atoms with Crippen molar-refractivity contribution in [3.05, 3.63) is 11.6 Å². The number of Topliss-reactive ketones (excluding diaryl/α,β-unsaturated/α-hetero) is 1. The number of aliphatic hydroxyl groups excluding tert-OH is 2. The van der Waals surface area contributed by atoms with Crippen LogP contribution in [0.2, 0.25) is 0 Å². The van der Waals surface area contributed by atoms with Crippen LogP contribution >= 0.6 is 0 Å². The molecule has 7 heteroatoms. The molecule has 28 heavy (non-hydrogen) atoms. The van der Waals surface area contributed by atoms with Gasteiger partial charge >= 0.3 is 59.1 Å². The average Bonchev–Trinajstić information content (AvgIpc) is 2.86. The Morgan fingerprint density at radius 2 is 1.86 bits per heavy atom. The summed E-state index contributed by atoms with van der Waals surface area (Å²) in [6.07, 6.45) is 5.74. The second kappa shape index (κ2) is 8.48. The van der Waals surface area contributed by atoms with E-state index in [-0.39, 0.29) is 88.1 Å². The van der Waals surface area contributed by atoms with Gasteiger partial charge in [0.15, 0.2) is 11.6 Å². The molecule has 4 aliphatic rings. The fourth-order valence-corrected chi connectivity index (χ4v) is 7.28. The van der Waals surface area contributed by atoms with Crippen LogP contribution in [-0.4, -0.2) is 104 Å². The fraction of sp³-hybridized carbons (Fsp3) is 0.810. The summed E-state index contributed by atoms with van der Waals surface area (Å²) in [5, 5.41) is 31.7. The van der Waals surface area contributed by atoms with E-state index in [0.717, 1.165) is 25.7 Å². The Hall–Kier alpha value is 0.960. The quantitative estimate of drug-likeness (QED) is 0.576. The Labute approximate surface area is 211 Å². The standard InChI is InChI=1S/C21H30O5.2Na.2H/c1-19-7-5-13(23)9-12(19)3-4-14-15-6-8-21(26,17(25)11-22)20(15,2)10-16(24)18(14)19;;;;/h9,14-16,18,22,24,26H,3-8,10-11H2,1-2H3;;;;/t14-,15-,16-,18+,19-,20-,21-;;;;/m0..../s1. The molecule has 0 radical (unpaired) electrons. The molecule has 3 N–H and O–H groups in total. The maximum atomic E-state index is 12.4. The van der Waals surface area contributed by atoms with E-state index in [1.165, 1.54) is 5.57 Å². The summed E-state index contributed by atoms with van der Waals surface area (Å²) >= 11 is 0. The molecule has 0 amide bonds. The summed E-state index contributed by atoms with van der Waals surface area (Å²) in [6, 6.07) is 0. The first kappa shape index (κ1) is 25.2. The average molecular weight is 410 g/mol. The summed E-state index contributed by atoms with van der Waals surface area (Å²) in [7, 11) is 0. The molecule has 0 unspecified atom stereocenters. The third-order valence-corrected chi connectivity index (χ3v) is 8.65. The molecule has 0 spiro atoms. The van der Waals surface area contributed by atoms with E-state index in [0.29, 0.717) is 19.3 Å². The third-order valence-electron chi connectivity index (χ3n) is 8.65. The van der Waals surface area contributed by atoms with Crippen molar-refractivity contribution in [1.29, 1.82) is 0 Å². The SMILES string of the molecule is C[C@]12CCC(=O)C=C1CC[C@@H]1[C@@H]2[C@@H](O)C[C@@]2(C)[C@H]1CC[C@]2(O)C(=O)CO.[NaH].[NaH]. The van der Waals surface area contributed by atoms with E-state index in [9.17, 15) is 24.9 Å². The van der Waals surface area contributed by atoms with E-state index in [1.54, 1.807) is 6.08 Å². The van der Waals surface area contributed by atoms with Gasteiger partial charge in [0.25, 0.3) is 0 Å². The zero-order chi connectivity index (χ0) is 18.9. The van der Waals surface area contributed by atoms with Crippen LogP contribution in [0.5, 0.6) is 0 Å². The van der Waals surface area contributed by atoms with Crippen LogP contribution in [0.3, 0.4) is 0 Å². The van der Waals surface area contributed by atoms with Gasteiger partial charge in [0.1, 0.15) is 12.2 Å². The minimum absolute atomic E-state index is 0. The van der Waals surface area contributed by atoms with E-state index >= 15 is 0 Å². The Balaban J connectivity index is 0.00000140. The van der Waals surface area contributed by atoms with Crippen molar-refractivity contribution < 1.29 is 24.9 Å². The molecular formula is C21H32Na2O5. The number of hydrogen-bond acceptors (Lipinski definition) is 5. The van der Waals surface area contributed by atoms with Crippen LogP contribution in [-0.2, 0) is 9.59 Å². The van der Waals surface area contributed by atoms with Crippen molar-refractivity contribution in [2.24, 2.45) is 28.6 Å². The number of carbonyl (C=O) groups excluding carboxylic acids is 2. The van der Waals surface area contributed by atoms with Crippen LogP contribution in [0.15, 0.2) is 11.6 Å². The predicted octanol–water partition coefficient (Wildman–Crippen LogP) is 0.485. The topological polar surface area (TPSA) is 94.8 Å². The monoisotopic (exact) mass is 410 g/mol. The molecule has 5 nitrogen and oxygen atoms in total. The Morgan fingerprint density at radius 1 is 1.18 bits per heavy atom. The van der Waals surface area contributed by atoms with Gasteiger partial charge in [-0.05, 0) is 67.8 Å².